The van der Waals surface area contributed by atoms with Gasteiger partial charge in [0.15, 0.2) is 0 Å². The predicted molar refractivity (Wildman–Crippen MR) is 74.1 cm³/mol. The molecular formula is C16H18FN. The fourth-order valence-electron chi connectivity index (χ4n) is 2.29. The van der Waals surface area contributed by atoms with Gasteiger partial charge in [0.2, 0.25) is 0 Å². The predicted octanol–water partition coefficient (Wildman–Crippen LogP) is 3.83. The first-order chi connectivity index (χ1) is 8.60. The van der Waals surface area contributed by atoms with Crippen molar-refractivity contribution in [2.45, 2.75) is 20.4 Å². The zero-order valence-corrected chi connectivity index (χ0v) is 11.0. The molecule has 0 aliphatic heterocycles. The van der Waals surface area contributed by atoms with E-state index in [9.17, 15) is 4.39 Å². The molecule has 0 aliphatic carbocycles. The van der Waals surface area contributed by atoms with Crippen LogP contribution in [0.25, 0.3) is 11.1 Å². The lowest BCUT2D eigenvalue weighted by molar-refractivity contribution is 0.627. The maximum atomic E-state index is 13.5. The van der Waals surface area contributed by atoms with Gasteiger partial charge in [0, 0.05) is 6.54 Å². The van der Waals surface area contributed by atoms with Crippen molar-refractivity contribution in [1.82, 2.24) is 5.32 Å². The minimum absolute atomic E-state index is 0.191. The molecule has 18 heavy (non-hydrogen) atoms. The van der Waals surface area contributed by atoms with Gasteiger partial charge in [-0.3, -0.25) is 0 Å². The molecule has 2 rings (SSSR count). The molecule has 0 atom stereocenters. The van der Waals surface area contributed by atoms with E-state index in [1.807, 2.05) is 13.1 Å². The normalized spacial score (nSPS) is 10.7. The van der Waals surface area contributed by atoms with E-state index in [1.54, 1.807) is 6.07 Å². The van der Waals surface area contributed by atoms with Gasteiger partial charge in [-0.05, 0) is 49.7 Å². The molecule has 0 radical (unpaired) electrons. The Morgan fingerprint density at radius 3 is 2.28 bits per heavy atom. The van der Waals surface area contributed by atoms with Crippen molar-refractivity contribution >= 4 is 0 Å². The Labute approximate surface area is 108 Å². The molecule has 1 nitrogen and oxygen atoms in total. The molecule has 0 spiro atoms. The van der Waals surface area contributed by atoms with Crippen molar-refractivity contribution in [2.75, 3.05) is 7.05 Å². The van der Waals surface area contributed by atoms with E-state index in [0.717, 1.165) is 23.2 Å². The van der Waals surface area contributed by atoms with Crippen LogP contribution in [0.2, 0.25) is 0 Å². The van der Waals surface area contributed by atoms with Gasteiger partial charge in [-0.25, -0.2) is 4.39 Å². The van der Waals surface area contributed by atoms with Crippen LogP contribution in [0.3, 0.4) is 0 Å². The van der Waals surface area contributed by atoms with Crippen LogP contribution in [0.15, 0.2) is 36.4 Å². The lowest BCUT2D eigenvalue weighted by Gasteiger charge is -2.11. The van der Waals surface area contributed by atoms with Crippen LogP contribution >= 0.6 is 0 Å². The van der Waals surface area contributed by atoms with Crippen LogP contribution < -0.4 is 5.32 Å². The van der Waals surface area contributed by atoms with E-state index in [4.69, 9.17) is 0 Å². The second-order valence-electron chi connectivity index (χ2n) is 4.71. The second-order valence-corrected chi connectivity index (χ2v) is 4.71. The Kier molecular flexibility index (Phi) is 3.78. The van der Waals surface area contributed by atoms with Crippen molar-refractivity contribution < 1.29 is 4.39 Å². The molecule has 1 N–H and O–H groups in total. The van der Waals surface area contributed by atoms with Gasteiger partial charge < -0.3 is 5.32 Å². The molecule has 0 saturated carbocycles. The summed E-state index contributed by atoms with van der Waals surface area (Å²) in [7, 11) is 1.90. The van der Waals surface area contributed by atoms with Crippen LogP contribution in [0.5, 0.6) is 0 Å². The topological polar surface area (TPSA) is 12.0 Å². The molecular weight excluding hydrogens is 225 g/mol. The van der Waals surface area contributed by atoms with E-state index < -0.39 is 0 Å². The second kappa shape index (κ2) is 5.32. The molecule has 0 heterocycles. The SMILES string of the molecule is CNCc1ccc(F)cc1-c1cc(C)cc(C)c1. The molecule has 0 amide bonds. The summed E-state index contributed by atoms with van der Waals surface area (Å²) in [4.78, 5) is 0. The number of hydrogen-bond acceptors (Lipinski definition) is 1. The summed E-state index contributed by atoms with van der Waals surface area (Å²) < 4.78 is 13.5. The lowest BCUT2D eigenvalue weighted by atomic mass is 9.96. The third-order valence-electron chi connectivity index (χ3n) is 2.97. The number of benzene rings is 2. The fraction of sp³-hybridized carbons (Fsp3) is 0.250. The molecule has 0 fully saturated rings. The van der Waals surface area contributed by atoms with E-state index in [0.29, 0.717) is 0 Å². The number of hydrogen-bond donors (Lipinski definition) is 1. The van der Waals surface area contributed by atoms with Gasteiger partial charge in [-0.1, -0.05) is 35.4 Å². The van der Waals surface area contributed by atoms with E-state index in [1.165, 1.54) is 17.2 Å². The number of aryl methyl sites for hydroxylation is 2. The molecule has 0 unspecified atom stereocenters. The Bertz CT molecular complexity index is 541. The van der Waals surface area contributed by atoms with Crippen LogP contribution in [-0.4, -0.2) is 7.05 Å². The zero-order valence-electron chi connectivity index (χ0n) is 11.0. The van der Waals surface area contributed by atoms with Gasteiger partial charge in [-0.2, -0.15) is 0 Å². The van der Waals surface area contributed by atoms with Crippen molar-refractivity contribution in [2.24, 2.45) is 0 Å². The molecule has 0 aromatic heterocycles. The maximum Gasteiger partial charge on any atom is 0.123 e. The Balaban J connectivity index is 2.57. The fourth-order valence-corrected chi connectivity index (χ4v) is 2.29. The smallest absolute Gasteiger partial charge is 0.123 e. The van der Waals surface area contributed by atoms with Gasteiger partial charge in [0.1, 0.15) is 5.82 Å². The lowest BCUT2D eigenvalue weighted by Crippen LogP contribution is -2.06. The van der Waals surface area contributed by atoms with Gasteiger partial charge in [0.05, 0.1) is 0 Å². The van der Waals surface area contributed by atoms with Gasteiger partial charge in [-0.15, -0.1) is 0 Å². The van der Waals surface area contributed by atoms with Gasteiger partial charge >= 0.3 is 0 Å². The summed E-state index contributed by atoms with van der Waals surface area (Å²) in [5.41, 5.74) is 5.56. The van der Waals surface area contributed by atoms with E-state index in [2.05, 4.69) is 37.4 Å². The number of rotatable bonds is 3. The molecule has 0 bridgehead atoms. The molecule has 94 valence electrons. The van der Waals surface area contributed by atoms with Crippen LogP contribution in [0.4, 0.5) is 4.39 Å². The van der Waals surface area contributed by atoms with Crippen molar-refractivity contribution in [3.05, 3.63) is 58.9 Å². The third-order valence-corrected chi connectivity index (χ3v) is 2.97. The Morgan fingerprint density at radius 1 is 1.00 bits per heavy atom. The van der Waals surface area contributed by atoms with E-state index >= 15 is 0 Å². The van der Waals surface area contributed by atoms with E-state index in [-0.39, 0.29) is 5.82 Å². The minimum Gasteiger partial charge on any atom is -0.316 e. The Hall–Kier alpha value is -1.67. The first-order valence-electron chi connectivity index (χ1n) is 6.12. The quantitative estimate of drug-likeness (QED) is 0.864. The first kappa shape index (κ1) is 12.8. The highest BCUT2D eigenvalue weighted by Gasteiger charge is 2.07. The highest BCUT2D eigenvalue weighted by atomic mass is 19.1. The summed E-state index contributed by atoms with van der Waals surface area (Å²) in [5.74, 6) is -0.191. The van der Waals surface area contributed by atoms with Crippen molar-refractivity contribution in [1.29, 1.82) is 0 Å². The van der Waals surface area contributed by atoms with Crippen molar-refractivity contribution in [3.8, 4) is 11.1 Å². The average Bonchev–Trinajstić information content (AvgIpc) is 2.30. The minimum atomic E-state index is -0.191. The first-order valence-corrected chi connectivity index (χ1v) is 6.12. The van der Waals surface area contributed by atoms with Crippen LogP contribution in [0.1, 0.15) is 16.7 Å². The summed E-state index contributed by atoms with van der Waals surface area (Å²) in [6.07, 6.45) is 0. The Morgan fingerprint density at radius 2 is 1.67 bits per heavy atom. The highest BCUT2D eigenvalue weighted by Crippen LogP contribution is 2.26. The molecule has 0 aliphatic rings. The monoisotopic (exact) mass is 243 g/mol. The molecule has 2 heteroatoms. The summed E-state index contributed by atoms with van der Waals surface area (Å²) in [6.45, 7) is 4.86. The van der Waals surface area contributed by atoms with Crippen LogP contribution in [-0.2, 0) is 6.54 Å². The van der Waals surface area contributed by atoms with Crippen LogP contribution in [0, 0.1) is 19.7 Å². The average molecular weight is 243 g/mol. The summed E-state index contributed by atoms with van der Waals surface area (Å²) >= 11 is 0. The molecule has 2 aromatic rings. The zero-order chi connectivity index (χ0) is 13.1. The summed E-state index contributed by atoms with van der Waals surface area (Å²) in [6, 6.07) is 11.3. The number of halogens is 1. The standard InChI is InChI=1S/C16H18FN/c1-11-6-12(2)8-14(7-11)16-9-15(17)5-4-13(16)10-18-3/h4-9,18H,10H2,1-3H3. The summed E-state index contributed by atoms with van der Waals surface area (Å²) in [5, 5.41) is 3.12. The third kappa shape index (κ3) is 2.77. The maximum absolute atomic E-state index is 13.5. The van der Waals surface area contributed by atoms with Crippen molar-refractivity contribution in [3.63, 3.8) is 0 Å². The highest BCUT2D eigenvalue weighted by molar-refractivity contribution is 5.68. The molecule has 2 aromatic carbocycles. The molecule has 0 saturated heterocycles. The largest absolute Gasteiger partial charge is 0.316 e. The number of nitrogens with one attached hydrogen (secondary N) is 1. The van der Waals surface area contributed by atoms with Gasteiger partial charge in [0.25, 0.3) is 0 Å².